The minimum absolute atomic E-state index is 0.00241. The monoisotopic (exact) mass is 267 g/mol. The molecule has 0 aliphatic heterocycles. The van der Waals surface area contributed by atoms with E-state index in [1.165, 1.54) is 64.2 Å². The lowest BCUT2D eigenvalue weighted by atomic mass is 9.66. The van der Waals surface area contributed by atoms with Gasteiger partial charge in [-0.1, -0.05) is 51.9 Å². The molecule has 0 aromatic rings. The molecule has 3 unspecified atom stereocenters. The molecule has 2 nitrogen and oxygen atoms in total. The van der Waals surface area contributed by atoms with Crippen LogP contribution in [-0.2, 0) is 4.74 Å². The van der Waals surface area contributed by atoms with Gasteiger partial charge < -0.3 is 10.5 Å². The van der Waals surface area contributed by atoms with Gasteiger partial charge in [0, 0.05) is 12.6 Å². The largest absolute Gasteiger partial charge is 0.374 e. The molecule has 19 heavy (non-hydrogen) atoms. The Hall–Kier alpha value is -0.0800. The van der Waals surface area contributed by atoms with Crippen molar-refractivity contribution in [1.29, 1.82) is 0 Å². The minimum Gasteiger partial charge on any atom is -0.374 e. The average Bonchev–Trinajstić information content (AvgIpc) is 2.47. The highest BCUT2D eigenvalue weighted by Gasteiger charge is 2.44. The number of nitrogens with two attached hydrogens (primary N) is 1. The van der Waals surface area contributed by atoms with Gasteiger partial charge in [0.1, 0.15) is 0 Å². The first-order valence-electron chi connectivity index (χ1n) is 8.63. The van der Waals surface area contributed by atoms with Crippen LogP contribution in [-0.4, -0.2) is 18.2 Å². The van der Waals surface area contributed by atoms with E-state index in [-0.39, 0.29) is 11.6 Å². The number of hydrogen-bond acceptors (Lipinski definition) is 2. The first-order valence-corrected chi connectivity index (χ1v) is 8.63. The van der Waals surface area contributed by atoms with Crippen molar-refractivity contribution in [3.05, 3.63) is 0 Å². The lowest BCUT2D eigenvalue weighted by Gasteiger charge is -2.47. The van der Waals surface area contributed by atoms with Crippen molar-refractivity contribution in [2.24, 2.45) is 17.6 Å². The smallest absolute Gasteiger partial charge is 0.0835 e. The molecule has 0 bridgehead atoms. The molecule has 0 aromatic heterocycles. The van der Waals surface area contributed by atoms with Gasteiger partial charge in [-0.05, 0) is 38.0 Å². The molecule has 2 fully saturated rings. The molecule has 0 spiro atoms. The van der Waals surface area contributed by atoms with Gasteiger partial charge in [0.15, 0.2) is 0 Å². The van der Waals surface area contributed by atoms with Crippen LogP contribution in [0.4, 0.5) is 0 Å². The zero-order valence-electron chi connectivity index (χ0n) is 13.0. The van der Waals surface area contributed by atoms with E-state index < -0.39 is 0 Å². The lowest BCUT2D eigenvalue weighted by molar-refractivity contribution is -0.102. The van der Waals surface area contributed by atoms with Crippen LogP contribution in [0.25, 0.3) is 0 Å². The zero-order valence-corrected chi connectivity index (χ0v) is 13.0. The third-order valence-corrected chi connectivity index (χ3v) is 5.69. The Bertz CT molecular complexity index is 254. The third-order valence-electron chi connectivity index (χ3n) is 5.69. The third kappa shape index (κ3) is 3.33. The van der Waals surface area contributed by atoms with E-state index >= 15 is 0 Å². The van der Waals surface area contributed by atoms with Gasteiger partial charge in [-0.3, -0.25) is 0 Å². The molecular weight excluding hydrogens is 234 g/mol. The van der Waals surface area contributed by atoms with Crippen LogP contribution >= 0.6 is 0 Å². The normalized spacial score (nSPS) is 33.0. The molecule has 0 saturated heterocycles. The highest BCUT2D eigenvalue weighted by Crippen LogP contribution is 2.42. The van der Waals surface area contributed by atoms with Crippen LogP contribution in [0.5, 0.6) is 0 Å². The summed E-state index contributed by atoms with van der Waals surface area (Å²) in [5.41, 5.74) is 6.79. The maximum absolute atomic E-state index is 6.79. The first kappa shape index (κ1) is 15.3. The molecule has 2 N–H and O–H groups in total. The number of hydrogen-bond donors (Lipinski definition) is 1. The summed E-state index contributed by atoms with van der Waals surface area (Å²) >= 11 is 0. The van der Waals surface area contributed by atoms with Crippen LogP contribution in [0.2, 0.25) is 0 Å². The first-order chi connectivity index (χ1) is 9.23. The average molecular weight is 267 g/mol. The molecular formula is C17H33NO. The number of rotatable bonds is 5. The SMILES string of the molecule is CCOC1(C(N)C2CCCCC2CC)CCCCC1. The van der Waals surface area contributed by atoms with Gasteiger partial charge in [-0.25, -0.2) is 0 Å². The number of ether oxygens (including phenoxy) is 1. The molecule has 112 valence electrons. The summed E-state index contributed by atoms with van der Waals surface area (Å²) in [7, 11) is 0. The summed E-state index contributed by atoms with van der Waals surface area (Å²) in [6.07, 6.45) is 13.1. The molecule has 0 heterocycles. The summed E-state index contributed by atoms with van der Waals surface area (Å²) in [6, 6.07) is 0.262. The maximum atomic E-state index is 6.79. The topological polar surface area (TPSA) is 35.2 Å². The Morgan fingerprint density at radius 2 is 1.74 bits per heavy atom. The zero-order chi connectivity index (χ0) is 13.7. The molecule has 2 rings (SSSR count). The van der Waals surface area contributed by atoms with Crippen molar-refractivity contribution in [3.8, 4) is 0 Å². The van der Waals surface area contributed by atoms with Crippen LogP contribution < -0.4 is 5.73 Å². The molecule has 3 atom stereocenters. The van der Waals surface area contributed by atoms with Gasteiger partial charge >= 0.3 is 0 Å². The Balaban J connectivity index is 2.10. The second-order valence-corrected chi connectivity index (χ2v) is 6.70. The predicted molar refractivity (Wildman–Crippen MR) is 81.2 cm³/mol. The quantitative estimate of drug-likeness (QED) is 0.807. The van der Waals surface area contributed by atoms with Crippen LogP contribution in [0.1, 0.15) is 78.1 Å². The second kappa shape index (κ2) is 7.08. The van der Waals surface area contributed by atoms with Crippen molar-refractivity contribution in [3.63, 3.8) is 0 Å². The summed E-state index contributed by atoms with van der Waals surface area (Å²) in [5, 5.41) is 0. The molecule has 2 heteroatoms. The van der Waals surface area contributed by atoms with Crippen LogP contribution in [0.3, 0.4) is 0 Å². The van der Waals surface area contributed by atoms with Crippen molar-refractivity contribution in [1.82, 2.24) is 0 Å². The van der Waals surface area contributed by atoms with Gasteiger partial charge in [0.2, 0.25) is 0 Å². The van der Waals surface area contributed by atoms with E-state index in [4.69, 9.17) is 10.5 Å². The minimum atomic E-state index is 0.00241. The van der Waals surface area contributed by atoms with Gasteiger partial charge in [-0.2, -0.15) is 0 Å². The van der Waals surface area contributed by atoms with E-state index in [9.17, 15) is 0 Å². The summed E-state index contributed by atoms with van der Waals surface area (Å²) in [6.45, 7) is 5.28. The van der Waals surface area contributed by atoms with Crippen molar-refractivity contribution in [2.75, 3.05) is 6.61 Å². The highest BCUT2D eigenvalue weighted by molar-refractivity contribution is 4.99. The molecule has 2 saturated carbocycles. The van der Waals surface area contributed by atoms with Gasteiger partial charge in [0.05, 0.1) is 5.60 Å². The summed E-state index contributed by atoms with van der Waals surface area (Å²) < 4.78 is 6.25. The van der Waals surface area contributed by atoms with Crippen molar-refractivity contribution >= 4 is 0 Å². The van der Waals surface area contributed by atoms with Crippen LogP contribution in [0, 0.1) is 11.8 Å². The van der Waals surface area contributed by atoms with E-state index in [1.807, 2.05) is 0 Å². The summed E-state index contributed by atoms with van der Waals surface area (Å²) in [4.78, 5) is 0. The lowest BCUT2D eigenvalue weighted by Crippen LogP contribution is -2.57. The van der Waals surface area contributed by atoms with E-state index in [0.29, 0.717) is 5.92 Å². The molecule has 0 radical (unpaired) electrons. The predicted octanol–water partition coefficient (Wildman–Crippen LogP) is 4.27. The highest BCUT2D eigenvalue weighted by atomic mass is 16.5. The molecule has 0 amide bonds. The Morgan fingerprint density at radius 3 is 2.37 bits per heavy atom. The fraction of sp³-hybridized carbons (Fsp3) is 1.00. The molecule has 2 aliphatic rings. The van der Waals surface area contributed by atoms with Gasteiger partial charge in [0.25, 0.3) is 0 Å². The molecule has 0 aromatic carbocycles. The Labute approximate surface area is 119 Å². The van der Waals surface area contributed by atoms with Crippen molar-refractivity contribution in [2.45, 2.75) is 89.7 Å². The Morgan fingerprint density at radius 1 is 1.05 bits per heavy atom. The Kier molecular flexibility index (Phi) is 5.70. The van der Waals surface area contributed by atoms with Crippen molar-refractivity contribution < 1.29 is 4.74 Å². The fourth-order valence-corrected chi connectivity index (χ4v) is 4.62. The maximum Gasteiger partial charge on any atom is 0.0835 e. The second-order valence-electron chi connectivity index (χ2n) is 6.70. The standard InChI is InChI=1S/C17H33NO/c1-3-14-10-6-7-11-15(14)16(18)17(19-4-2)12-8-5-9-13-17/h14-16H,3-13,18H2,1-2H3. The van der Waals surface area contributed by atoms with E-state index in [1.54, 1.807) is 0 Å². The fourth-order valence-electron chi connectivity index (χ4n) is 4.62. The van der Waals surface area contributed by atoms with Gasteiger partial charge in [-0.15, -0.1) is 0 Å². The van der Waals surface area contributed by atoms with E-state index in [2.05, 4.69) is 13.8 Å². The summed E-state index contributed by atoms with van der Waals surface area (Å²) in [5.74, 6) is 1.53. The van der Waals surface area contributed by atoms with E-state index in [0.717, 1.165) is 12.5 Å². The molecule has 2 aliphatic carbocycles. The van der Waals surface area contributed by atoms with Crippen LogP contribution in [0.15, 0.2) is 0 Å².